The average molecular weight is 271 g/mol. The maximum absolute atomic E-state index is 13.6. The highest BCUT2D eigenvalue weighted by Gasteiger charge is 2.07. The standard InChI is InChI=1S/C14H22FNO3/c1-11(16)13-5-4-12(10-14(13)15)19-7-3-6-18-9-8-17-2/h4-5,10-11H,3,6-9,16H2,1-2H3/t11-/m1/s1. The van der Waals surface area contributed by atoms with Crippen molar-refractivity contribution in [1.29, 1.82) is 0 Å². The molecule has 1 rings (SSSR count). The fraction of sp³-hybridized carbons (Fsp3) is 0.571. The minimum atomic E-state index is -0.330. The summed E-state index contributed by atoms with van der Waals surface area (Å²) in [7, 11) is 1.63. The fourth-order valence-corrected chi connectivity index (χ4v) is 1.56. The normalized spacial score (nSPS) is 12.4. The Labute approximate surface area is 113 Å². The van der Waals surface area contributed by atoms with E-state index in [1.54, 1.807) is 26.2 Å². The molecule has 0 saturated carbocycles. The summed E-state index contributed by atoms with van der Waals surface area (Å²) in [6, 6.07) is 4.44. The van der Waals surface area contributed by atoms with Gasteiger partial charge in [0.05, 0.1) is 19.8 Å². The Hall–Kier alpha value is -1.17. The Morgan fingerprint density at radius 3 is 2.63 bits per heavy atom. The number of hydrogen-bond donors (Lipinski definition) is 1. The first-order chi connectivity index (χ1) is 9.15. The van der Waals surface area contributed by atoms with Crippen LogP contribution >= 0.6 is 0 Å². The molecule has 5 heteroatoms. The van der Waals surface area contributed by atoms with Crippen molar-refractivity contribution in [3.63, 3.8) is 0 Å². The van der Waals surface area contributed by atoms with E-state index in [9.17, 15) is 4.39 Å². The van der Waals surface area contributed by atoms with Gasteiger partial charge in [-0.15, -0.1) is 0 Å². The summed E-state index contributed by atoms with van der Waals surface area (Å²) in [5.41, 5.74) is 6.13. The van der Waals surface area contributed by atoms with Gasteiger partial charge in [-0.1, -0.05) is 6.07 Å². The summed E-state index contributed by atoms with van der Waals surface area (Å²) in [6.45, 7) is 4.00. The van der Waals surface area contributed by atoms with Crippen LogP contribution in [0.3, 0.4) is 0 Å². The molecule has 0 aliphatic carbocycles. The van der Waals surface area contributed by atoms with Gasteiger partial charge in [0.2, 0.25) is 0 Å². The van der Waals surface area contributed by atoms with Crippen LogP contribution < -0.4 is 10.5 Å². The zero-order valence-electron chi connectivity index (χ0n) is 11.5. The summed E-state index contributed by atoms with van der Waals surface area (Å²) < 4.78 is 29.2. The van der Waals surface area contributed by atoms with Gasteiger partial charge in [-0.2, -0.15) is 0 Å². The highest BCUT2D eigenvalue weighted by atomic mass is 19.1. The predicted molar refractivity (Wildman–Crippen MR) is 71.8 cm³/mol. The molecule has 4 nitrogen and oxygen atoms in total. The first kappa shape index (κ1) is 15.9. The van der Waals surface area contributed by atoms with Crippen LogP contribution in [0.5, 0.6) is 5.75 Å². The lowest BCUT2D eigenvalue weighted by Crippen LogP contribution is -2.08. The van der Waals surface area contributed by atoms with Crippen molar-refractivity contribution >= 4 is 0 Å². The maximum atomic E-state index is 13.6. The van der Waals surface area contributed by atoms with Crippen molar-refractivity contribution in [2.75, 3.05) is 33.5 Å². The number of benzene rings is 1. The van der Waals surface area contributed by atoms with Gasteiger partial charge in [0.25, 0.3) is 0 Å². The molecule has 108 valence electrons. The lowest BCUT2D eigenvalue weighted by molar-refractivity contribution is 0.0644. The second kappa shape index (κ2) is 8.85. The van der Waals surface area contributed by atoms with Gasteiger partial charge in [-0.25, -0.2) is 4.39 Å². The van der Waals surface area contributed by atoms with Crippen LogP contribution in [0.15, 0.2) is 18.2 Å². The Morgan fingerprint density at radius 1 is 1.21 bits per heavy atom. The summed E-state index contributed by atoms with van der Waals surface area (Å²) in [5, 5.41) is 0. The third-order valence-electron chi connectivity index (χ3n) is 2.60. The molecule has 1 aromatic rings. The van der Waals surface area contributed by atoms with E-state index in [0.717, 1.165) is 6.42 Å². The van der Waals surface area contributed by atoms with E-state index in [1.165, 1.54) is 6.07 Å². The van der Waals surface area contributed by atoms with Gasteiger partial charge >= 0.3 is 0 Å². The summed E-state index contributed by atoms with van der Waals surface area (Å²) in [5.74, 6) is 0.183. The molecule has 0 aliphatic rings. The predicted octanol–water partition coefficient (Wildman–Crippen LogP) is 2.28. The smallest absolute Gasteiger partial charge is 0.131 e. The van der Waals surface area contributed by atoms with Crippen LogP contribution in [0.25, 0.3) is 0 Å². The van der Waals surface area contributed by atoms with Crippen LogP contribution in [0.2, 0.25) is 0 Å². The van der Waals surface area contributed by atoms with E-state index in [4.69, 9.17) is 19.9 Å². The van der Waals surface area contributed by atoms with E-state index in [1.807, 2.05) is 0 Å². The topological polar surface area (TPSA) is 53.7 Å². The van der Waals surface area contributed by atoms with Gasteiger partial charge in [0.1, 0.15) is 11.6 Å². The second-order valence-electron chi connectivity index (χ2n) is 4.28. The highest BCUT2D eigenvalue weighted by molar-refractivity contribution is 5.30. The Kier molecular flexibility index (Phi) is 7.40. The number of methoxy groups -OCH3 is 1. The molecule has 0 amide bonds. The van der Waals surface area contributed by atoms with Crippen LogP contribution in [-0.4, -0.2) is 33.5 Å². The van der Waals surface area contributed by atoms with Gasteiger partial charge in [0, 0.05) is 37.8 Å². The van der Waals surface area contributed by atoms with Crippen LogP contribution in [0.4, 0.5) is 4.39 Å². The van der Waals surface area contributed by atoms with E-state index in [-0.39, 0.29) is 11.9 Å². The molecular weight excluding hydrogens is 249 g/mol. The number of ether oxygens (including phenoxy) is 3. The minimum absolute atomic E-state index is 0.316. The van der Waals surface area contributed by atoms with Crippen molar-refractivity contribution in [3.05, 3.63) is 29.6 Å². The van der Waals surface area contributed by atoms with Crippen molar-refractivity contribution < 1.29 is 18.6 Å². The number of rotatable bonds is 9. The molecule has 19 heavy (non-hydrogen) atoms. The fourth-order valence-electron chi connectivity index (χ4n) is 1.56. The third kappa shape index (κ3) is 6.00. The molecule has 2 N–H and O–H groups in total. The summed E-state index contributed by atoms with van der Waals surface area (Å²) >= 11 is 0. The SMILES string of the molecule is COCCOCCCOc1ccc([C@@H](C)N)c(F)c1. The van der Waals surface area contributed by atoms with E-state index < -0.39 is 0 Å². The maximum Gasteiger partial charge on any atom is 0.131 e. The van der Waals surface area contributed by atoms with Crippen molar-refractivity contribution in [2.45, 2.75) is 19.4 Å². The zero-order valence-corrected chi connectivity index (χ0v) is 11.5. The lowest BCUT2D eigenvalue weighted by atomic mass is 10.1. The molecular formula is C14H22FNO3. The Morgan fingerprint density at radius 2 is 2.00 bits per heavy atom. The highest BCUT2D eigenvalue weighted by Crippen LogP contribution is 2.20. The second-order valence-corrected chi connectivity index (χ2v) is 4.28. The molecule has 0 spiro atoms. The van der Waals surface area contributed by atoms with E-state index in [0.29, 0.717) is 37.7 Å². The molecule has 0 fully saturated rings. The zero-order chi connectivity index (χ0) is 14.1. The van der Waals surface area contributed by atoms with Gasteiger partial charge in [-0.05, 0) is 13.0 Å². The van der Waals surface area contributed by atoms with Crippen LogP contribution in [0.1, 0.15) is 24.9 Å². The number of halogens is 1. The molecule has 0 bridgehead atoms. The monoisotopic (exact) mass is 271 g/mol. The number of nitrogens with two attached hydrogens (primary N) is 1. The van der Waals surface area contributed by atoms with Gasteiger partial charge in [-0.3, -0.25) is 0 Å². The first-order valence-corrected chi connectivity index (χ1v) is 6.39. The average Bonchev–Trinajstić information content (AvgIpc) is 2.37. The Balaban J connectivity index is 2.25. The third-order valence-corrected chi connectivity index (χ3v) is 2.60. The molecule has 1 atom stereocenters. The minimum Gasteiger partial charge on any atom is -0.493 e. The largest absolute Gasteiger partial charge is 0.493 e. The number of hydrogen-bond acceptors (Lipinski definition) is 4. The first-order valence-electron chi connectivity index (χ1n) is 6.39. The summed E-state index contributed by atoms with van der Waals surface area (Å²) in [6.07, 6.45) is 0.750. The molecule has 0 saturated heterocycles. The molecule has 0 heterocycles. The van der Waals surface area contributed by atoms with Crippen molar-refractivity contribution in [1.82, 2.24) is 0 Å². The lowest BCUT2D eigenvalue weighted by Gasteiger charge is -2.10. The molecule has 0 unspecified atom stereocenters. The van der Waals surface area contributed by atoms with Crippen LogP contribution in [0, 0.1) is 5.82 Å². The molecule has 0 radical (unpaired) electrons. The van der Waals surface area contributed by atoms with Crippen molar-refractivity contribution in [2.24, 2.45) is 5.73 Å². The molecule has 0 aliphatic heterocycles. The van der Waals surface area contributed by atoms with Gasteiger partial charge in [0.15, 0.2) is 0 Å². The van der Waals surface area contributed by atoms with E-state index >= 15 is 0 Å². The van der Waals surface area contributed by atoms with Crippen molar-refractivity contribution in [3.8, 4) is 5.75 Å². The molecule has 1 aromatic carbocycles. The van der Waals surface area contributed by atoms with E-state index in [2.05, 4.69) is 0 Å². The summed E-state index contributed by atoms with van der Waals surface area (Å²) in [4.78, 5) is 0. The van der Waals surface area contributed by atoms with Gasteiger partial charge < -0.3 is 19.9 Å². The molecule has 0 aromatic heterocycles. The quantitative estimate of drug-likeness (QED) is 0.700. The Bertz CT molecular complexity index is 372. The van der Waals surface area contributed by atoms with Crippen LogP contribution in [-0.2, 0) is 9.47 Å².